The molecule has 0 atom stereocenters. The molecule has 160 valence electrons. The molecule has 0 radical (unpaired) electrons. The number of nitrogens with one attached hydrogen (secondary N) is 1. The molecular formula is C24H31N3O3. The molecule has 6 heteroatoms. The maximum Gasteiger partial charge on any atom is 0.246 e. The lowest BCUT2D eigenvalue weighted by Crippen LogP contribution is -2.32. The van der Waals surface area contributed by atoms with Gasteiger partial charge in [0.1, 0.15) is 6.61 Å². The Bertz CT molecular complexity index is 747. The lowest BCUT2D eigenvalue weighted by atomic mass is 10.2. The molecule has 0 saturated heterocycles. The van der Waals surface area contributed by atoms with Gasteiger partial charge in [-0.15, -0.1) is 0 Å². The highest BCUT2D eigenvalue weighted by Gasteiger charge is 2.14. The molecule has 0 saturated carbocycles. The number of nitriles is 1. The number of hydrogen-bond acceptors (Lipinski definition) is 5. The summed E-state index contributed by atoms with van der Waals surface area (Å²) in [4.78, 5) is 23.8. The van der Waals surface area contributed by atoms with E-state index in [2.05, 4.69) is 11.5 Å². The molecule has 0 spiro atoms. The molecule has 0 bridgehead atoms. The highest BCUT2D eigenvalue weighted by Crippen LogP contribution is 2.09. The fourth-order valence-electron chi connectivity index (χ4n) is 2.83. The summed E-state index contributed by atoms with van der Waals surface area (Å²) in [5.41, 5.74) is 5.08. The third-order valence-corrected chi connectivity index (χ3v) is 4.51. The minimum Gasteiger partial charge on any atom is -0.297 e. The van der Waals surface area contributed by atoms with Crippen molar-refractivity contribution in [2.24, 2.45) is 0 Å². The van der Waals surface area contributed by atoms with Crippen LogP contribution in [0, 0.1) is 11.3 Å². The molecule has 2 aromatic rings. The minimum absolute atomic E-state index is 0.0203. The van der Waals surface area contributed by atoms with Gasteiger partial charge in [0.15, 0.2) is 0 Å². The molecule has 30 heavy (non-hydrogen) atoms. The first-order valence-corrected chi connectivity index (χ1v) is 10.5. The van der Waals surface area contributed by atoms with Crippen molar-refractivity contribution in [3.05, 3.63) is 71.8 Å². The fraction of sp³-hybridized carbons (Fsp3) is 0.417. The molecule has 0 fully saturated rings. The summed E-state index contributed by atoms with van der Waals surface area (Å²) >= 11 is 0. The van der Waals surface area contributed by atoms with E-state index in [0.29, 0.717) is 39.1 Å². The van der Waals surface area contributed by atoms with Crippen molar-refractivity contribution >= 4 is 5.91 Å². The monoisotopic (exact) mass is 409 g/mol. The zero-order valence-electron chi connectivity index (χ0n) is 17.5. The van der Waals surface area contributed by atoms with Crippen LogP contribution in [0.15, 0.2) is 60.7 Å². The van der Waals surface area contributed by atoms with E-state index in [1.54, 1.807) is 0 Å². The maximum absolute atomic E-state index is 12.6. The summed E-state index contributed by atoms with van der Waals surface area (Å²) in [5, 5.41) is 10.1. The third-order valence-electron chi connectivity index (χ3n) is 4.51. The van der Waals surface area contributed by atoms with Gasteiger partial charge in [-0.1, -0.05) is 60.7 Å². The first-order valence-electron chi connectivity index (χ1n) is 10.5. The molecule has 2 aromatic carbocycles. The van der Waals surface area contributed by atoms with Crippen LogP contribution in [0.4, 0.5) is 0 Å². The van der Waals surface area contributed by atoms with Gasteiger partial charge in [-0.2, -0.15) is 5.26 Å². The van der Waals surface area contributed by atoms with Crippen LogP contribution in [0.5, 0.6) is 0 Å². The van der Waals surface area contributed by atoms with Crippen molar-refractivity contribution in [3.63, 3.8) is 0 Å². The van der Waals surface area contributed by atoms with E-state index < -0.39 is 0 Å². The Morgan fingerprint density at radius 3 is 2.23 bits per heavy atom. The van der Waals surface area contributed by atoms with E-state index >= 15 is 0 Å². The Morgan fingerprint density at radius 1 is 0.900 bits per heavy atom. The summed E-state index contributed by atoms with van der Waals surface area (Å²) < 4.78 is 0. The van der Waals surface area contributed by atoms with Crippen LogP contribution in [0.1, 0.15) is 49.7 Å². The summed E-state index contributed by atoms with van der Waals surface area (Å²) in [6, 6.07) is 21.9. The molecule has 0 aliphatic carbocycles. The summed E-state index contributed by atoms with van der Waals surface area (Å²) in [5.74, 6) is -0.0203. The van der Waals surface area contributed by atoms with Gasteiger partial charge in [-0.3, -0.25) is 14.5 Å². The predicted octanol–water partition coefficient (Wildman–Crippen LogP) is 4.53. The Balaban J connectivity index is 1.64. The van der Waals surface area contributed by atoms with Crippen molar-refractivity contribution in [3.8, 4) is 6.07 Å². The average Bonchev–Trinajstić information content (AvgIpc) is 2.79. The fourth-order valence-corrected chi connectivity index (χ4v) is 2.83. The van der Waals surface area contributed by atoms with E-state index in [1.807, 2.05) is 60.7 Å². The molecule has 1 N–H and O–H groups in total. The normalized spacial score (nSPS) is 10.5. The largest absolute Gasteiger partial charge is 0.297 e. The van der Waals surface area contributed by atoms with Crippen LogP contribution in [-0.2, 0) is 27.7 Å². The smallest absolute Gasteiger partial charge is 0.246 e. The number of unbranched alkanes of at least 4 members (excludes halogenated alkanes) is 3. The molecule has 0 heterocycles. The lowest BCUT2D eigenvalue weighted by Gasteiger charge is -2.22. The number of carbonyl (C=O) groups is 1. The Labute approximate surface area is 179 Å². The second-order valence-corrected chi connectivity index (χ2v) is 7.00. The maximum atomic E-state index is 12.6. The standard InChI is InChI=1S/C24H31N3O3/c25-17-9-3-11-19-27(30-21-23-14-6-2-7-15-23)24(28)16-8-10-18-26-29-20-22-12-4-1-5-13-22/h1-2,4-7,12-15,26H,3,8-11,16,18-21H2. The summed E-state index contributed by atoms with van der Waals surface area (Å²) in [7, 11) is 0. The number of rotatable bonds is 15. The summed E-state index contributed by atoms with van der Waals surface area (Å²) in [6.45, 7) is 2.07. The molecule has 0 aromatic heterocycles. The topological polar surface area (TPSA) is 74.6 Å². The second kappa shape index (κ2) is 15.2. The number of hydrogen-bond donors (Lipinski definition) is 1. The number of carbonyl (C=O) groups excluding carboxylic acids is 1. The quantitative estimate of drug-likeness (QED) is 0.345. The second-order valence-electron chi connectivity index (χ2n) is 7.00. The molecule has 0 aliphatic rings. The number of benzene rings is 2. The van der Waals surface area contributed by atoms with Gasteiger partial charge in [0.05, 0.1) is 12.7 Å². The highest BCUT2D eigenvalue weighted by atomic mass is 16.7. The average molecular weight is 410 g/mol. The first-order chi connectivity index (χ1) is 14.8. The van der Waals surface area contributed by atoms with Gasteiger partial charge in [-0.05, 0) is 36.8 Å². The minimum atomic E-state index is -0.0203. The van der Waals surface area contributed by atoms with Gasteiger partial charge in [-0.25, -0.2) is 10.5 Å². The molecule has 1 amide bonds. The third kappa shape index (κ3) is 10.2. The van der Waals surface area contributed by atoms with E-state index in [9.17, 15) is 4.79 Å². The number of nitrogens with zero attached hydrogens (tertiary/aromatic N) is 2. The van der Waals surface area contributed by atoms with Gasteiger partial charge >= 0.3 is 0 Å². The van der Waals surface area contributed by atoms with Crippen molar-refractivity contribution in [1.29, 1.82) is 5.26 Å². The van der Waals surface area contributed by atoms with Crippen molar-refractivity contribution in [2.45, 2.75) is 51.7 Å². The molecule has 2 rings (SSSR count). The van der Waals surface area contributed by atoms with Gasteiger partial charge < -0.3 is 0 Å². The summed E-state index contributed by atoms with van der Waals surface area (Å²) in [6.07, 6.45) is 4.02. The Kier molecular flexibility index (Phi) is 11.9. The van der Waals surface area contributed by atoms with E-state index in [1.165, 1.54) is 5.06 Å². The number of hydroxylamine groups is 3. The van der Waals surface area contributed by atoms with E-state index in [4.69, 9.17) is 14.9 Å². The van der Waals surface area contributed by atoms with Gasteiger partial charge in [0.2, 0.25) is 5.91 Å². The van der Waals surface area contributed by atoms with Gasteiger partial charge in [0, 0.05) is 25.9 Å². The van der Waals surface area contributed by atoms with Crippen LogP contribution in [0.25, 0.3) is 0 Å². The van der Waals surface area contributed by atoms with Crippen molar-refractivity contribution < 1.29 is 14.5 Å². The highest BCUT2D eigenvalue weighted by molar-refractivity contribution is 5.75. The molecule has 0 unspecified atom stereocenters. The van der Waals surface area contributed by atoms with Crippen LogP contribution in [0.3, 0.4) is 0 Å². The van der Waals surface area contributed by atoms with Crippen LogP contribution in [0.2, 0.25) is 0 Å². The SMILES string of the molecule is N#CCCCCN(OCc1ccccc1)C(=O)CCCCNOCc1ccccc1. The zero-order chi connectivity index (χ0) is 21.3. The lowest BCUT2D eigenvalue weighted by molar-refractivity contribution is -0.192. The van der Waals surface area contributed by atoms with Crippen LogP contribution < -0.4 is 5.48 Å². The van der Waals surface area contributed by atoms with Crippen LogP contribution >= 0.6 is 0 Å². The molecular weight excluding hydrogens is 378 g/mol. The molecule has 6 nitrogen and oxygen atoms in total. The van der Waals surface area contributed by atoms with E-state index in [-0.39, 0.29) is 5.91 Å². The Hall–Kier alpha value is -2.72. The Morgan fingerprint density at radius 2 is 1.57 bits per heavy atom. The zero-order valence-corrected chi connectivity index (χ0v) is 17.5. The van der Waals surface area contributed by atoms with Crippen LogP contribution in [-0.4, -0.2) is 24.1 Å². The van der Waals surface area contributed by atoms with Crippen molar-refractivity contribution in [2.75, 3.05) is 13.1 Å². The van der Waals surface area contributed by atoms with E-state index in [0.717, 1.165) is 36.8 Å². The molecule has 0 aliphatic heterocycles. The van der Waals surface area contributed by atoms with Gasteiger partial charge in [0.25, 0.3) is 0 Å². The first kappa shape index (κ1) is 23.6. The predicted molar refractivity (Wildman–Crippen MR) is 115 cm³/mol. The van der Waals surface area contributed by atoms with Crippen molar-refractivity contribution in [1.82, 2.24) is 10.5 Å². The number of amides is 1.